The zero-order chi connectivity index (χ0) is 18.5. The normalized spacial score (nSPS) is 21.2. The van der Waals surface area contributed by atoms with Gasteiger partial charge in [-0.1, -0.05) is 42.0 Å². The summed E-state index contributed by atoms with van der Waals surface area (Å²) in [7, 11) is 2.22. The standard InChI is InChI=1S/C21H26FN3O/c1-16-7-9-17(10-8-16)20(25-13-11-24(2)12-14-25)15-23-21(26)18-5-3-4-6-19(18)22/h3-10,20H,11-15H2,1-2H3,(H,23,26)/p+2/t20-/m1/s1. The number of rotatable bonds is 5. The van der Waals surface area contributed by atoms with Crippen LogP contribution in [0.25, 0.3) is 0 Å². The van der Waals surface area contributed by atoms with Gasteiger partial charge >= 0.3 is 0 Å². The van der Waals surface area contributed by atoms with Crippen molar-refractivity contribution in [1.29, 1.82) is 0 Å². The summed E-state index contributed by atoms with van der Waals surface area (Å²) in [6, 6.07) is 14.8. The number of quaternary nitrogens is 2. The Morgan fingerprint density at radius 3 is 2.38 bits per heavy atom. The van der Waals surface area contributed by atoms with Gasteiger partial charge in [0.15, 0.2) is 0 Å². The number of aryl methyl sites for hydroxylation is 1. The van der Waals surface area contributed by atoms with Crippen LogP contribution in [0.1, 0.15) is 27.5 Å². The van der Waals surface area contributed by atoms with E-state index in [2.05, 4.69) is 43.6 Å². The molecule has 3 N–H and O–H groups in total. The van der Waals surface area contributed by atoms with Crippen LogP contribution in [0, 0.1) is 12.7 Å². The molecular formula is C21H28FN3O+2. The Balaban J connectivity index is 1.74. The Labute approximate surface area is 154 Å². The minimum absolute atomic E-state index is 0.105. The third-order valence-electron chi connectivity index (χ3n) is 5.30. The zero-order valence-corrected chi connectivity index (χ0v) is 15.5. The molecule has 0 aromatic heterocycles. The number of hydrogen-bond donors (Lipinski definition) is 3. The summed E-state index contributed by atoms with van der Waals surface area (Å²) in [5.74, 6) is -0.827. The third-order valence-corrected chi connectivity index (χ3v) is 5.30. The van der Waals surface area contributed by atoms with Crippen LogP contribution < -0.4 is 15.1 Å². The minimum Gasteiger partial charge on any atom is -0.346 e. The molecule has 4 nitrogen and oxygen atoms in total. The number of nitrogens with one attached hydrogen (secondary N) is 3. The van der Waals surface area contributed by atoms with Crippen molar-refractivity contribution in [3.05, 3.63) is 71.0 Å². The number of piperazine rings is 1. The van der Waals surface area contributed by atoms with Crippen LogP contribution in [0.4, 0.5) is 4.39 Å². The van der Waals surface area contributed by atoms with Crippen molar-refractivity contribution >= 4 is 5.91 Å². The van der Waals surface area contributed by atoms with Crippen molar-refractivity contribution in [3.8, 4) is 0 Å². The maximum Gasteiger partial charge on any atom is 0.254 e. The summed E-state index contributed by atoms with van der Waals surface area (Å²) < 4.78 is 13.9. The molecule has 1 aliphatic rings. The number of hydrogen-bond acceptors (Lipinski definition) is 1. The van der Waals surface area contributed by atoms with Gasteiger partial charge in [-0.05, 0) is 19.1 Å². The summed E-state index contributed by atoms with van der Waals surface area (Å²) in [5, 5.41) is 2.95. The molecule has 2 aromatic rings. The van der Waals surface area contributed by atoms with Gasteiger partial charge in [0, 0.05) is 5.56 Å². The summed E-state index contributed by atoms with van der Waals surface area (Å²) in [4.78, 5) is 15.5. The quantitative estimate of drug-likeness (QED) is 0.694. The molecule has 1 amide bonds. The number of carbonyl (C=O) groups is 1. The lowest BCUT2D eigenvalue weighted by atomic mass is 10.0. The molecule has 0 spiro atoms. The molecule has 3 rings (SSSR count). The smallest absolute Gasteiger partial charge is 0.254 e. The molecule has 1 aliphatic heterocycles. The number of benzene rings is 2. The highest BCUT2D eigenvalue weighted by Crippen LogP contribution is 2.12. The largest absolute Gasteiger partial charge is 0.346 e. The lowest BCUT2D eigenvalue weighted by molar-refractivity contribution is -1.02. The lowest BCUT2D eigenvalue weighted by Gasteiger charge is -2.33. The summed E-state index contributed by atoms with van der Waals surface area (Å²) >= 11 is 0. The maximum atomic E-state index is 13.9. The fourth-order valence-electron chi connectivity index (χ4n) is 3.58. The molecule has 0 saturated carbocycles. The van der Waals surface area contributed by atoms with Crippen molar-refractivity contribution in [3.63, 3.8) is 0 Å². The fourth-order valence-corrected chi connectivity index (χ4v) is 3.58. The number of amides is 1. The van der Waals surface area contributed by atoms with Gasteiger partial charge < -0.3 is 15.1 Å². The average Bonchev–Trinajstić information content (AvgIpc) is 2.65. The third kappa shape index (κ3) is 4.48. The number of likely N-dealkylation sites (N-methyl/N-ethyl adjacent to an activating group) is 1. The van der Waals surface area contributed by atoms with E-state index >= 15 is 0 Å². The van der Waals surface area contributed by atoms with Crippen molar-refractivity contribution in [2.24, 2.45) is 0 Å². The molecule has 0 bridgehead atoms. The molecule has 5 heteroatoms. The minimum atomic E-state index is -0.479. The van der Waals surface area contributed by atoms with Gasteiger partial charge in [-0.15, -0.1) is 0 Å². The first-order valence-electron chi connectivity index (χ1n) is 9.30. The van der Waals surface area contributed by atoms with Gasteiger partial charge in [0.25, 0.3) is 5.91 Å². The Bertz CT molecular complexity index is 739. The molecule has 1 atom stereocenters. The van der Waals surface area contributed by atoms with E-state index < -0.39 is 5.82 Å². The summed E-state index contributed by atoms with van der Waals surface area (Å²) in [6.45, 7) is 6.97. The Morgan fingerprint density at radius 1 is 1.08 bits per heavy atom. The maximum absolute atomic E-state index is 13.9. The van der Waals surface area contributed by atoms with Crippen LogP contribution in [0.2, 0.25) is 0 Å². The Kier molecular flexibility index (Phi) is 6.01. The number of carbonyl (C=O) groups excluding carboxylic acids is 1. The fraction of sp³-hybridized carbons (Fsp3) is 0.381. The van der Waals surface area contributed by atoms with Gasteiger partial charge in [-0.3, -0.25) is 4.79 Å². The zero-order valence-electron chi connectivity index (χ0n) is 15.5. The van der Waals surface area contributed by atoms with E-state index in [1.807, 2.05) is 0 Å². The van der Waals surface area contributed by atoms with Crippen LogP contribution in [0.5, 0.6) is 0 Å². The van der Waals surface area contributed by atoms with E-state index in [1.54, 1.807) is 17.0 Å². The lowest BCUT2D eigenvalue weighted by Crippen LogP contribution is -3.27. The first kappa shape index (κ1) is 18.5. The van der Waals surface area contributed by atoms with E-state index in [0.29, 0.717) is 6.54 Å². The van der Waals surface area contributed by atoms with Crippen molar-refractivity contribution in [2.75, 3.05) is 39.8 Å². The molecule has 1 saturated heterocycles. The Hall–Kier alpha value is -2.24. The molecular weight excluding hydrogens is 329 g/mol. The van der Waals surface area contributed by atoms with Gasteiger partial charge in [-0.25, -0.2) is 4.39 Å². The highest BCUT2D eigenvalue weighted by atomic mass is 19.1. The van der Waals surface area contributed by atoms with E-state index in [4.69, 9.17) is 0 Å². The summed E-state index contributed by atoms with van der Waals surface area (Å²) in [5.41, 5.74) is 2.55. The second kappa shape index (κ2) is 8.43. The second-order valence-corrected chi connectivity index (χ2v) is 7.27. The van der Waals surface area contributed by atoms with Crippen LogP contribution in [-0.4, -0.2) is 45.7 Å². The van der Waals surface area contributed by atoms with Crippen molar-refractivity contribution in [1.82, 2.24) is 5.32 Å². The highest BCUT2D eigenvalue weighted by Gasteiger charge is 2.29. The van der Waals surface area contributed by atoms with Gasteiger partial charge in [0.2, 0.25) is 0 Å². The van der Waals surface area contributed by atoms with E-state index in [9.17, 15) is 9.18 Å². The monoisotopic (exact) mass is 357 g/mol. The summed E-state index contributed by atoms with van der Waals surface area (Å²) in [6.07, 6.45) is 0. The molecule has 2 aromatic carbocycles. The predicted molar refractivity (Wildman–Crippen MR) is 100.0 cm³/mol. The van der Waals surface area contributed by atoms with Crippen LogP contribution in [0.15, 0.2) is 48.5 Å². The highest BCUT2D eigenvalue weighted by molar-refractivity contribution is 5.94. The SMILES string of the molecule is Cc1ccc([C@@H](CNC(=O)c2ccccc2F)[NH+]2CC[NH+](C)CC2)cc1. The van der Waals surface area contributed by atoms with Gasteiger partial charge in [0.1, 0.15) is 38.0 Å². The van der Waals surface area contributed by atoms with E-state index in [1.165, 1.54) is 28.2 Å². The van der Waals surface area contributed by atoms with E-state index in [-0.39, 0.29) is 17.5 Å². The van der Waals surface area contributed by atoms with E-state index in [0.717, 1.165) is 26.2 Å². The van der Waals surface area contributed by atoms with Gasteiger partial charge in [0.05, 0.1) is 19.2 Å². The predicted octanol–water partition coefficient (Wildman–Crippen LogP) is 0.0184. The molecule has 0 aliphatic carbocycles. The van der Waals surface area contributed by atoms with Crippen LogP contribution in [0.3, 0.4) is 0 Å². The molecule has 0 radical (unpaired) electrons. The molecule has 138 valence electrons. The van der Waals surface area contributed by atoms with Crippen molar-refractivity contribution in [2.45, 2.75) is 13.0 Å². The Morgan fingerprint density at radius 2 is 1.73 bits per heavy atom. The molecule has 1 fully saturated rings. The topological polar surface area (TPSA) is 38.0 Å². The molecule has 26 heavy (non-hydrogen) atoms. The van der Waals surface area contributed by atoms with Crippen LogP contribution >= 0.6 is 0 Å². The van der Waals surface area contributed by atoms with Crippen molar-refractivity contribution < 1.29 is 19.0 Å². The number of halogens is 1. The molecule has 1 heterocycles. The first-order chi connectivity index (χ1) is 12.5. The van der Waals surface area contributed by atoms with Crippen LogP contribution in [-0.2, 0) is 0 Å². The van der Waals surface area contributed by atoms with Gasteiger partial charge in [-0.2, -0.15) is 0 Å². The average molecular weight is 357 g/mol. The molecule has 0 unspecified atom stereocenters. The first-order valence-corrected chi connectivity index (χ1v) is 9.30. The second-order valence-electron chi connectivity index (χ2n) is 7.27.